The van der Waals surface area contributed by atoms with Gasteiger partial charge in [0.05, 0.1) is 5.69 Å². The molecule has 0 spiro atoms. The average Bonchev–Trinajstić information content (AvgIpc) is 3.44. The lowest BCUT2D eigenvalue weighted by Gasteiger charge is -2.27. The molecule has 0 aliphatic carbocycles. The molecule has 0 amide bonds. The van der Waals surface area contributed by atoms with E-state index >= 15 is 0 Å². The molecule has 0 atom stereocenters. The maximum absolute atomic E-state index is 2.42. The van der Waals surface area contributed by atoms with Crippen molar-refractivity contribution in [1.82, 2.24) is 0 Å². The number of benzene rings is 8. The lowest BCUT2D eigenvalue weighted by Crippen LogP contribution is -2.10. The van der Waals surface area contributed by atoms with E-state index < -0.39 is 0 Å². The Labute approximate surface area is 247 Å². The summed E-state index contributed by atoms with van der Waals surface area (Å²) in [6.07, 6.45) is 0. The summed E-state index contributed by atoms with van der Waals surface area (Å²) in [5.41, 5.74) is 3.48. The molecule has 0 saturated heterocycles. The Kier molecular flexibility index (Phi) is 5.13. The highest BCUT2D eigenvalue weighted by atomic mass is 32.1. The molecule has 0 radical (unpaired) electrons. The van der Waals surface area contributed by atoms with Gasteiger partial charge in [0, 0.05) is 36.9 Å². The summed E-state index contributed by atoms with van der Waals surface area (Å²) in [5.74, 6) is 0. The molecule has 0 aliphatic heterocycles. The van der Waals surface area contributed by atoms with E-state index in [2.05, 4.69) is 157 Å². The fourth-order valence-corrected chi connectivity index (χ4v) is 7.90. The summed E-state index contributed by atoms with van der Waals surface area (Å²) >= 11 is 1.89. The topological polar surface area (TPSA) is 3.24 Å². The van der Waals surface area contributed by atoms with E-state index in [9.17, 15) is 0 Å². The number of nitrogens with zero attached hydrogens (tertiary/aromatic N) is 1. The smallest absolute Gasteiger partial charge is 0.0540 e. The zero-order valence-corrected chi connectivity index (χ0v) is 23.6. The molecule has 0 unspecified atom stereocenters. The van der Waals surface area contributed by atoms with Crippen LogP contribution in [0.4, 0.5) is 17.1 Å². The first-order valence-electron chi connectivity index (χ1n) is 14.4. The number of anilines is 3. The van der Waals surface area contributed by atoms with E-state index in [1.165, 1.54) is 68.9 Å². The highest BCUT2D eigenvalue weighted by molar-refractivity contribution is 7.26. The molecule has 0 aliphatic rings. The molecule has 42 heavy (non-hydrogen) atoms. The van der Waals surface area contributed by atoms with Crippen LogP contribution in [0.15, 0.2) is 152 Å². The van der Waals surface area contributed by atoms with E-state index in [0.717, 1.165) is 11.4 Å². The summed E-state index contributed by atoms with van der Waals surface area (Å²) in [4.78, 5) is 2.42. The molecule has 2 heteroatoms. The van der Waals surface area contributed by atoms with Crippen LogP contribution in [0.5, 0.6) is 0 Å². The standard InChI is InChI=1S/C40H25NS/c1-2-11-29(12-3-1)41(30-21-24-38-36(25-30)35-23-19-27-10-5-7-14-32(27)40(35)42-38)37-16-8-15-34-33(37)22-20-28-18-17-26-9-4-6-13-31(26)39(28)34/h1-25H. The second kappa shape index (κ2) is 9.17. The zero-order valence-electron chi connectivity index (χ0n) is 22.8. The SMILES string of the molecule is c1ccc(N(c2ccc3sc4c5ccccc5ccc4c3c2)c2cccc3c2ccc2ccc4ccccc4c23)cc1. The second-order valence-corrected chi connectivity index (χ2v) is 12.0. The van der Waals surface area contributed by atoms with Crippen molar-refractivity contribution < 1.29 is 0 Å². The van der Waals surface area contributed by atoms with Gasteiger partial charge in [-0.1, -0.05) is 115 Å². The quantitative estimate of drug-likeness (QED) is 0.197. The van der Waals surface area contributed by atoms with Crippen LogP contribution in [0.3, 0.4) is 0 Å². The normalized spacial score (nSPS) is 11.8. The molecule has 196 valence electrons. The third kappa shape index (κ3) is 3.49. The Hall–Kier alpha value is -5.18. The lowest BCUT2D eigenvalue weighted by atomic mass is 9.95. The molecular formula is C40H25NS. The van der Waals surface area contributed by atoms with Crippen molar-refractivity contribution in [3.8, 4) is 0 Å². The van der Waals surface area contributed by atoms with Gasteiger partial charge < -0.3 is 4.90 Å². The van der Waals surface area contributed by atoms with E-state index in [0.29, 0.717) is 0 Å². The Balaban J connectivity index is 1.33. The lowest BCUT2D eigenvalue weighted by molar-refractivity contribution is 1.31. The summed E-state index contributed by atoms with van der Waals surface area (Å²) in [6, 6.07) is 55.5. The zero-order chi connectivity index (χ0) is 27.6. The molecule has 9 rings (SSSR count). The van der Waals surface area contributed by atoms with Crippen LogP contribution in [0.2, 0.25) is 0 Å². The first kappa shape index (κ1) is 23.5. The van der Waals surface area contributed by atoms with Gasteiger partial charge in [-0.15, -0.1) is 11.3 Å². The number of hydrogen-bond acceptors (Lipinski definition) is 2. The molecule has 0 saturated carbocycles. The van der Waals surface area contributed by atoms with Gasteiger partial charge in [0.1, 0.15) is 0 Å². The fraction of sp³-hybridized carbons (Fsp3) is 0. The first-order valence-corrected chi connectivity index (χ1v) is 15.2. The van der Waals surface area contributed by atoms with Gasteiger partial charge in [-0.3, -0.25) is 0 Å². The Morgan fingerprint density at radius 3 is 1.93 bits per heavy atom. The molecule has 1 heterocycles. The van der Waals surface area contributed by atoms with Crippen molar-refractivity contribution in [1.29, 1.82) is 0 Å². The van der Waals surface area contributed by atoms with Crippen LogP contribution < -0.4 is 4.90 Å². The highest BCUT2D eigenvalue weighted by Crippen LogP contribution is 2.45. The van der Waals surface area contributed by atoms with Crippen LogP contribution in [-0.4, -0.2) is 0 Å². The minimum atomic E-state index is 1.15. The summed E-state index contributed by atoms with van der Waals surface area (Å²) < 4.78 is 2.67. The van der Waals surface area contributed by atoms with Crippen molar-refractivity contribution >= 4 is 91.7 Å². The second-order valence-electron chi connectivity index (χ2n) is 10.9. The summed E-state index contributed by atoms with van der Waals surface area (Å²) in [5, 5.41) is 12.9. The fourth-order valence-electron chi connectivity index (χ4n) is 6.68. The van der Waals surface area contributed by atoms with Gasteiger partial charge in [0.15, 0.2) is 0 Å². The Bertz CT molecular complexity index is 2470. The predicted molar refractivity (Wildman–Crippen MR) is 184 cm³/mol. The number of hydrogen-bond donors (Lipinski definition) is 0. The number of thiophene rings is 1. The number of rotatable bonds is 3. The number of fused-ring (bicyclic) bond motifs is 10. The maximum atomic E-state index is 2.42. The minimum Gasteiger partial charge on any atom is -0.310 e. The average molecular weight is 552 g/mol. The van der Waals surface area contributed by atoms with Crippen LogP contribution >= 0.6 is 11.3 Å². The van der Waals surface area contributed by atoms with Crippen molar-refractivity contribution in [2.75, 3.05) is 4.90 Å². The summed E-state index contributed by atoms with van der Waals surface area (Å²) in [6.45, 7) is 0. The minimum absolute atomic E-state index is 1.15. The largest absolute Gasteiger partial charge is 0.310 e. The monoisotopic (exact) mass is 551 g/mol. The van der Waals surface area contributed by atoms with Crippen molar-refractivity contribution in [3.05, 3.63) is 152 Å². The van der Waals surface area contributed by atoms with E-state index in [1.54, 1.807) is 0 Å². The Morgan fingerprint density at radius 1 is 0.381 bits per heavy atom. The van der Waals surface area contributed by atoms with Gasteiger partial charge in [-0.25, -0.2) is 0 Å². The molecule has 0 N–H and O–H groups in total. The Morgan fingerprint density at radius 2 is 1.05 bits per heavy atom. The van der Waals surface area contributed by atoms with Crippen LogP contribution in [-0.2, 0) is 0 Å². The third-order valence-corrected chi connectivity index (χ3v) is 9.82. The van der Waals surface area contributed by atoms with Crippen molar-refractivity contribution in [2.24, 2.45) is 0 Å². The van der Waals surface area contributed by atoms with Gasteiger partial charge in [-0.05, 0) is 74.1 Å². The van der Waals surface area contributed by atoms with E-state index in [4.69, 9.17) is 0 Å². The molecule has 1 nitrogen and oxygen atoms in total. The molecule has 9 aromatic rings. The molecule has 8 aromatic carbocycles. The van der Waals surface area contributed by atoms with Crippen LogP contribution in [0.1, 0.15) is 0 Å². The first-order chi connectivity index (χ1) is 20.8. The van der Waals surface area contributed by atoms with E-state index in [1.807, 2.05) is 11.3 Å². The van der Waals surface area contributed by atoms with Gasteiger partial charge in [-0.2, -0.15) is 0 Å². The third-order valence-electron chi connectivity index (χ3n) is 8.60. The highest BCUT2D eigenvalue weighted by Gasteiger charge is 2.18. The molecule has 0 fully saturated rings. The number of para-hydroxylation sites is 1. The predicted octanol–water partition coefficient (Wildman–Crippen LogP) is 12.1. The summed E-state index contributed by atoms with van der Waals surface area (Å²) in [7, 11) is 0. The van der Waals surface area contributed by atoms with Crippen LogP contribution in [0.25, 0.3) is 63.3 Å². The van der Waals surface area contributed by atoms with E-state index in [-0.39, 0.29) is 0 Å². The van der Waals surface area contributed by atoms with Gasteiger partial charge in [0.25, 0.3) is 0 Å². The van der Waals surface area contributed by atoms with Gasteiger partial charge in [0.2, 0.25) is 0 Å². The maximum Gasteiger partial charge on any atom is 0.0540 e. The molecular weight excluding hydrogens is 527 g/mol. The molecule has 0 bridgehead atoms. The van der Waals surface area contributed by atoms with Crippen LogP contribution in [0, 0.1) is 0 Å². The van der Waals surface area contributed by atoms with Crippen molar-refractivity contribution in [2.45, 2.75) is 0 Å². The van der Waals surface area contributed by atoms with Crippen molar-refractivity contribution in [3.63, 3.8) is 0 Å². The van der Waals surface area contributed by atoms with Gasteiger partial charge >= 0.3 is 0 Å². The molecule has 1 aromatic heterocycles.